The van der Waals surface area contributed by atoms with Crippen molar-refractivity contribution in [2.24, 2.45) is 4.99 Å². The maximum Gasteiger partial charge on any atom is 0.253 e. The second-order valence-corrected chi connectivity index (χ2v) is 9.08. The first-order valence-corrected chi connectivity index (χ1v) is 11.6. The van der Waals surface area contributed by atoms with Gasteiger partial charge in [-0.3, -0.25) is 9.79 Å². The molecule has 0 heterocycles. The van der Waals surface area contributed by atoms with Crippen LogP contribution in [0.2, 0.25) is 0 Å². The largest absolute Gasteiger partial charge is 0.357 e. The molecule has 0 saturated carbocycles. The van der Waals surface area contributed by atoms with E-state index in [9.17, 15) is 13.2 Å². The number of carbonyl (C=O) groups excluding carboxylic acids is 1. The van der Waals surface area contributed by atoms with Gasteiger partial charge in [-0.05, 0) is 43.2 Å². The molecule has 0 aliphatic carbocycles. The summed E-state index contributed by atoms with van der Waals surface area (Å²) in [4.78, 5) is 18.3. The summed E-state index contributed by atoms with van der Waals surface area (Å²) in [5.74, 6) is 0.489. The quantitative estimate of drug-likeness (QED) is 0.469. The van der Waals surface area contributed by atoms with E-state index in [1.165, 1.54) is 0 Å². The molecule has 0 saturated heterocycles. The number of hydrogen-bond acceptors (Lipinski definition) is 4. The summed E-state index contributed by atoms with van der Waals surface area (Å²) < 4.78 is 24.7. The van der Waals surface area contributed by atoms with Gasteiger partial charge in [-0.15, -0.1) is 0 Å². The van der Waals surface area contributed by atoms with E-state index in [4.69, 9.17) is 0 Å². The van der Waals surface area contributed by atoms with Crippen LogP contribution in [-0.2, 0) is 16.3 Å². The zero-order valence-electron chi connectivity index (χ0n) is 17.8. The standard InChI is InChI=1S/C22H30N4O3S/c1-4-23-22(25-15-16-30(28,29)20-11-6-5-7-12-20)24-14-13-18-9-8-10-19(17-18)21(27)26(2)3/h5-12,17H,4,13-16H2,1-3H3,(H2,23,24,25). The van der Waals surface area contributed by atoms with Crippen molar-refractivity contribution < 1.29 is 13.2 Å². The van der Waals surface area contributed by atoms with Gasteiger partial charge in [-0.25, -0.2) is 8.42 Å². The Balaban J connectivity index is 1.91. The third kappa shape index (κ3) is 7.18. The van der Waals surface area contributed by atoms with E-state index in [0.29, 0.717) is 35.9 Å². The predicted octanol–water partition coefficient (Wildman–Crippen LogP) is 1.96. The Kier molecular flexibility index (Phi) is 8.86. The van der Waals surface area contributed by atoms with E-state index in [1.54, 1.807) is 55.4 Å². The molecule has 0 atom stereocenters. The maximum atomic E-state index is 12.4. The lowest BCUT2D eigenvalue weighted by molar-refractivity contribution is 0.0827. The molecule has 0 aliphatic heterocycles. The first-order valence-electron chi connectivity index (χ1n) is 9.94. The van der Waals surface area contributed by atoms with Gasteiger partial charge in [0.15, 0.2) is 15.8 Å². The first kappa shape index (κ1) is 23.4. The molecule has 0 unspecified atom stereocenters. The molecule has 2 rings (SSSR count). The molecule has 30 heavy (non-hydrogen) atoms. The van der Waals surface area contributed by atoms with Crippen LogP contribution in [0.4, 0.5) is 0 Å². The van der Waals surface area contributed by atoms with Gasteiger partial charge in [0.05, 0.1) is 17.2 Å². The number of sulfone groups is 1. The molecule has 2 N–H and O–H groups in total. The van der Waals surface area contributed by atoms with Crippen LogP contribution in [0.15, 0.2) is 64.5 Å². The number of nitrogens with zero attached hydrogens (tertiary/aromatic N) is 2. The molecule has 0 fully saturated rings. The highest BCUT2D eigenvalue weighted by Crippen LogP contribution is 2.10. The van der Waals surface area contributed by atoms with Crippen molar-refractivity contribution in [1.29, 1.82) is 0 Å². The Hall–Kier alpha value is -2.87. The van der Waals surface area contributed by atoms with Gasteiger partial charge in [0.2, 0.25) is 0 Å². The zero-order valence-corrected chi connectivity index (χ0v) is 18.6. The van der Waals surface area contributed by atoms with Crippen LogP contribution in [0.25, 0.3) is 0 Å². The molecule has 0 bridgehead atoms. The Labute approximate surface area is 179 Å². The SMILES string of the molecule is CCNC(=NCCS(=O)(=O)c1ccccc1)NCCc1cccc(C(=O)N(C)C)c1. The highest BCUT2D eigenvalue weighted by atomic mass is 32.2. The smallest absolute Gasteiger partial charge is 0.253 e. The lowest BCUT2D eigenvalue weighted by atomic mass is 10.1. The molecular weight excluding hydrogens is 400 g/mol. The van der Waals surface area contributed by atoms with Crippen LogP contribution in [0.5, 0.6) is 0 Å². The predicted molar refractivity (Wildman–Crippen MR) is 121 cm³/mol. The van der Waals surface area contributed by atoms with Crippen molar-refractivity contribution in [2.75, 3.05) is 39.5 Å². The second-order valence-electron chi connectivity index (χ2n) is 6.97. The molecule has 0 aliphatic rings. The number of amides is 1. The highest BCUT2D eigenvalue weighted by Gasteiger charge is 2.13. The number of benzene rings is 2. The van der Waals surface area contributed by atoms with Crippen LogP contribution in [0, 0.1) is 0 Å². The summed E-state index contributed by atoms with van der Waals surface area (Å²) in [6.45, 7) is 3.40. The molecule has 2 aromatic rings. The van der Waals surface area contributed by atoms with Crippen molar-refractivity contribution in [3.63, 3.8) is 0 Å². The number of guanidine groups is 1. The van der Waals surface area contributed by atoms with Gasteiger partial charge in [-0.1, -0.05) is 30.3 Å². The third-order valence-corrected chi connectivity index (χ3v) is 6.07. The van der Waals surface area contributed by atoms with E-state index in [1.807, 2.05) is 25.1 Å². The van der Waals surface area contributed by atoms with Crippen LogP contribution in [0.1, 0.15) is 22.8 Å². The maximum absolute atomic E-state index is 12.4. The minimum atomic E-state index is -3.35. The van der Waals surface area contributed by atoms with Crippen molar-refractivity contribution in [3.8, 4) is 0 Å². The molecule has 0 aromatic heterocycles. The lowest BCUT2D eigenvalue weighted by Gasteiger charge is -2.13. The van der Waals surface area contributed by atoms with E-state index >= 15 is 0 Å². The number of aliphatic imine (C=N–C) groups is 1. The number of rotatable bonds is 9. The number of carbonyl (C=O) groups is 1. The van der Waals surface area contributed by atoms with E-state index in [0.717, 1.165) is 5.56 Å². The Morgan fingerprint density at radius 2 is 1.77 bits per heavy atom. The molecule has 0 radical (unpaired) electrons. The summed E-state index contributed by atoms with van der Waals surface area (Å²) in [6, 6.07) is 15.9. The third-order valence-electron chi connectivity index (χ3n) is 4.36. The van der Waals surface area contributed by atoms with E-state index in [2.05, 4.69) is 15.6 Å². The molecule has 1 amide bonds. The Morgan fingerprint density at radius 1 is 1.03 bits per heavy atom. The monoisotopic (exact) mass is 430 g/mol. The number of nitrogens with one attached hydrogen (secondary N) is 2. The highest BCUT2D eigenvalue weighted by molar-refractivity contribution is 7.91. The second kappa shape index (κ2) is 11.3. The minimum Gasteiger partial charge on any atom is -0.357 e. The van der Waals surface area contributed by atoms with Crippen molar-refractivity contribution in [2.45, 2.75) is 18.2 Å². The van der Waals surface area contributed by atoms with Crippen molar-refractivity contribution >= 4 is 21.7 Å². The fourth-order valence-corrected chi connectivity index (χ4v) is 3.95. The Morgan fingerprint density at radius 3 is 2.43 bits per heavy atom. The minimum absolute atomic E-state index is 0.0284. The average Bonchev–Trinajstić information content (AvgIpc) is 2.74. The van der Waals surface area contributed by atoms with Gasteiger partial charge in [0.25, 0.3) is 5.91 Å². The zero-order chi connectivity index (χ0) is 22.0. The van der Waals surface area contributed by atoms with Crippen LogP contribution in [0.3, 0.4) is 0 Å². The normalized spacial score (nSPS) is 11.8. The van der Waals surface area contributed by atoms with Crippen LogP contribution >= 0.6 is 0 Å². The lowest BCUT2D eigenvalue weighted by Crippen LogP contribution is -2.38. The van der Waals surface area contributed by atoms with Gasteiger partial charge in [0.1, 0.15) is 0 Å². The average molecular weight is 431 g/mol. The van der Waals surface area contributed by atoms with Gasteiger partial charge < -0.3 is 15.5 Å². The molecular formula is C22H30N4O3S. The molecule has 2 aromatic carbocycles. The van der Waals surface area contributed by atoms with E-state index < -0.39 is 9.84 Å². The number of hydrogen-bond donors (Lipinski definition) is 2. The molecule has 8 heteroatoms. The Bertz CT molecular complexity index is 957. The van der Waals surface area contributed by atoms with Crippen molar-refractivity contribution in [1.82, 2.24) is 15.5 Å². The summed E-state index contributed by atoms with van der Waals surface area (Å²) >= 11 is 0. The summed E-state index contributed by atoms with van der Waals surface area (Å²) in [6.07, 6.45) is 0.710. The van der Waals surface area contributed by atoms with Crippen LogP contribution in [-0.4, -0.2) is 64.7 Å². The summed E-state index contributed by atoms with van der Waals surface area (Å²) in [7, 11) is 0.107. The van der Waals surface area contributed by atoms with Gasteiger partial charge >= 0.3 is 0 Å². The summed E-state index contributed by atoms with van der Waals surface area (Å²) in [5.41, 5.74) is 1.70. The van der Waals surface area contributed by atoms with Crippen molar-refractivity contribution in [3.05, 3.63) is 65.7 Å². The molecule has 162 valence electrons. The topological polar surface area (TPSA) is 90.9 Å². The first-order chi connectivity index (χ1) is 14.3. The molecule has 0 spiro atoms. The van der Waals surface area contributed by atoms with Gasteiger partial charge in [0, 0.05) is 32.7 Å². The fourth-order valence-electron chi connectivity index (χ4n) is 2.81. The summed E-state index contributed by atoms with van der Waals surface area (Å²) in [5, 5.41) is 6.34. The van der Waals surface area contributed by atoms with E-state index in [-0.39, 0.29) is 18.2 Å². The molecule has 7 nitrogen and oxygen atoms in total. The fraction of sp³-hybridized carbons (Fsp3) is 0.364. The van der Waals surface area contributed by atoms with Gasteiger partial charge in [-0.2, -0.15) is 0 Å². The van der Waals surface area contributed by atoms with Crippen LogP contribution < -0.4 is 10.6 Å².